The summed E-state index contributed by atoms with van der Waals surface area (Å²) in [7, 11) is 0. The van der Waals surface area contributed by atoms with Crippen molar-refractivity contribution in [3.8, 4) is 10.6 Å². The average molecular weight is 429 g/mol. The molecule has 0 N–H and O–H groups in total. The lowest BCUT2D eigenvalue weighted by atomic mass is 9.91. The van der Waals surface area contributed by atoms with Crippen molar-refractivity contribution in [1.29, 1.82) is 0 Å². The van der Waals surface area contributed by atoms with E-state index in [-0.39, 0.29) is 11.7 Å². The lowest BCUT2D eigenvalue weighted by Crippen LogP contribution is -2.55. The second-order valence-electron chi connectivity index (χ2n) is 8.83. The van der Waals surface area contributed by atoms with Gasteiger partial charge in [-0.2, -0.15) is 0 Å². The fourth-order valence-electron chi connectivity index (χ4n) is 4.67. The molecule has 0 bridgehead atoms. The molecule has 5 nitrogen and oxygen atoms in total. The van der Waals surface area contributed by atoms with Crippen LogP contribution in [0.5, 0.6) is 0 Å². The highest BCUT2D eigenvalue weighted by Gasteiger charge is 2.30. The molecule has 0 unspecified atom stereocenters. The standard InChI is InChI=1S/C23H29FN4OS/c1-16-5-6-18(19(24)13-16)23-25-20-7-8-26(14-21(20)30-23)15-22(29)28-11-9-27(10-12-28)17-3-2-4-17/h5-6,13,17H,2-4,7-12,14-15H2,1H3. The maximum Gasteiger partial charge on any atom is 0.236 e. The number of rotatable bonds is 4. The Morgan fingerprint density at radius 3 is 2.70 bits per heavy atom. The molecule has 0 radical (unpaired) electrons. The van der Waals surface area contributed by atoms with Gasteiger partial charge in [-0.3, -0.25) is 14.6 Å². The van der Waals surface area contributed by atoms with Gasteiger partial charge in [0.05, 0.1) is 12.2 Å². The Hall–Kier alpha value is -1.83. The number of thiazole rings is 1. The molecule has 5 rings (SSSR count). The fourth-order valence-corrected chi connectivity index (χ4v) is 5.85. The molecule has 0 spiro atoms. The Morgan fingerprint density at radius 2 is 2.00 bits per heavy atom. The molecule has 7 heteroatoms. The summed E-state index contributed by atoms with van der Waals surface area (Å²) in [5.41, 5.74) is 2.55. The van der Waals surface area contributed by atoms with E-state index in [1.807, 2.05) is 24.0 Å². The predicted molar refractivity (Wildman–Crippen MR) is 117 cm³/mol. The Bertz CT molecular complexity index is 933. The molecule has 0 atom stereocenters. The number of piperazine rings is 1. The number of hydrogen-bond acceptors (Lipinski definition) is 5. The molecule has 2 fully saturated rings. The quantitative estimate of drug-likeness (QED) is 0.749. The number of halogens is 1. The Labute approximate surface area is 181 Å². The van der Waals surface area contributed by atoms with Crippen LogP contribution >= 0.6 is 11.3 Å². The van der Waals surface area contributed by atoms with Crippen molar-refractivity contribution in [2.24, 2.45) is 0 Å². The molecule has 1 aromatic carbocycles. The highest BCUT2D eigenvalue weighted by atomic mass is 32.1. The zero-order chi connectivity index (χ0) is 20.7. The van der Waals surface area contributed by atoms with Crippen LogP contribution in [-0.2, 0) is 17.8 Å². The number of benzene rings is 1. The summed E-state index contributed by atoms with van der Waals surface area (Å²) in [6.07, 6.45) is 4.83. The van der Waals surface area contributed by atoms with Gasteiger partial charge in [-0.25, -0.2) is 9.37 Å². The molecule has 160 valence electrons. The molecular weight excluding hydrogens is 399 g/mol. The van der Waals surface area contributed by atoms with Crippen LogP contribution in [0.3, 0.4) is 0 Å². The lowest BCUT2D eigenvalue weighted by Gasteiger charge is -2.43. The number of aryl methyl sites for hydroxylation is 1. The number of carbonyl (C=O) groups is 1. The van der Waals surface area contributed by atoms with Gasteiger partial charge in [-0.15, -0.1) is 11.3 Å². The summed E-state index contributed by atoms with van der Waals surface area (Å²) in [5.74, 6) is 0.0233. The van der Waals surface area contributed by atoms with Gasteiger partial charge in [0.2, 0.25) is 5.91 Å². The molecule has 1 aliphatic carbocycles. The normalized spacial score (nSPS) is 20.8. The molecule has 3 aliphatic rings. The van der Waals surface area contributed by atoms with Gasteiger partial charge >= 0.3 is 0 Å². The third-order valence-electron chi connectivity index (χ3n) is 6.78. The van der Waals surface area contributed by atoms with E-state index in [0.29, 0.717) is 12.1 Å². The summed E-state index contributed by atoms with van der Waals surface area (Å²) in [6, 6.07) is 6.07. The molecule has 1 saturated carbocycles. The lowest BCUT2D eigenvalue weighted by molar-refractivity contribution is -0.135. The molecular formula is C23H29FN4OS. The van der Waals surface area contributed by atoms with Crippen molar-refractivity contribution < 1.29 is 9.18 Å². The third kappa shape index (κ3) is 4.03. The van der Waals surface area contributed by atoms with Crippen molar-refractivity contribution in [3.05, 3.63) is 40.2 Å². The van der Waals surface area contributed by atoms with Crippen LogP contribution in [-0.4, -0.2) is 70.9 Å². The zero-order valence-electron chi connectivity index (χ0n) is 17.6. The first-order valence-electron chi connectivity index (χ1n) is 11.1. The van der Waals surface area contributed by atoms with Crippen molar-refractivity contribution in [3.63, 3.8) is 0 Å². The summed E-state index contributed by atoms with van der Waals surface area (Å²) < 4.78 is 14.4. The number of hydrogen-bond donors (Lipinski definition) is 0. The summed E-state index contributed by atoms with van der Waals surface area (Å²) in [6.45, 7) is 7.66. The number of fused-ring (bicyclic) bond motifs is 1. The molecule has 1 aromatic heterocycles. The minimum Gasteiger partial charge on any atom is -0.339 e. The zero-order valence-corrected chi connectivity index (χ0v) is 18.4. The van der Waals surface area contributed by atoms with Gasteiger partial charge < -0.3 is 4.90 Å². The van der Waals surface area contributed by atoms with E-state index in [1.165, 1.54) is 24.1 Å². The minimum atomic E-state index is -0.214. The average Bonchev–Trinajstić information content (AvgIpc) is 3.10. The number of nitrogens with zero attached hydrogens (tertiary/aromatic N) is 4. The Balaban J connectivity index is 1.19. The van der Waals surface area contributed by atoms with Gasteiger partial charge in [0, 0.05) is 62.2 Å². The highest BCUT2D eigenvalue weighted by Crippen LogP contribution is 2.33. The summed E-state index contributed by atoms with van der Waals surface area (Å²) >= 11 is 1.56. The Morgan fingerprint density at radius 1 is 1.20 bits per heavy atom. The second kappa shape index (κ2) is 8.36. The van der Waals surface area contributed by atoms with Crippen molar-refractivity contribution in [2.45, 2.75) is 45.2 Å². The van der Waals surface area contributed by atoms with Crippen LogP contribution in [0.4, 0.5) is 4.39 Å². The SMILES string of the molecule is Cc1ccc(-c2nc3c(s2)CN(CC(=O)N2CCN(C4CCC4)CC2)CC3)c(F)c1. The van der Waals surface area contributed by atoms with Crippen molar-refractivity contribution >= 4 is 17.2 Å². The predicted octanol–water partition coefficient (Wildman–Crippen LogP) is 3.31. The molecule has 2 aliphatic heterocycles. The van der Waals surface area contributed by atoms with E-state index >= 15 is 0 Å². The van der Waals surface area contributed by atoms with E-state index in [9.17, 15) is 9.18 Å². The van der Waals surface area contributed by atoms with Gasteiger partial charge in [0.1, 0.15) is 10.8 Å². The maximum absolute atomic E-state index is 14.4. The van der Waals surface area contributed by atoms with E-state index in [1.54, 1.807) is 17.4 Å². The second-order valence-corrected chi connectivity index (χ2v) is 9.92. The monoisotopic (exact) mass is 428 g/mol. The smallest absolute Gasteiger partial charge is 0.236 e. The van der Waals surface area contributed by atoms with Crippen molar-refractivity contribution in [1.82, 2.24) is 19.7 Å². The Kier molecular flexibility index (Phi) is 5.60. The third-order valence-corrected chi connectivity index (χ3v) is 7.90. The first kappa shape index (κ1) is 20.1. The molecule has 30 heavy (non-hydrogen) atoms. The maximum atomic E-state index is 14.4. The van der Waals surface area contributed by atoms with Crippen LogP contribution < -0.4 is 0 Å². The van der Waals surface area contributed by atoms with Crippen LogP contribution in [0.1, 0.15) is 35.4 Å². The number of aromatic nitrogens is 1. The summed E-state index contributed by atoms with van der Waals surface area (Å²) in [5, 5.41) is 0.748. The number of carbonyl (C=O) groups excluding carboxylic acids is 1. The summed E-state index contributed by atoms with van der Waals surface area (Å²) in [4.78, 5) is 25.5. The van der Waals surface area contributed by atoms with Gasteiger partial charge in [0.15, 0.2) is 0 Å². The van der Waals surface area contributed by atoms with Gasteiger partial charge in [-0.1, -0.05) is 12.5 Å². The molecule has 2 aromatic rings. The molecule has 3 heterocycles. The first-order valence-corrected chi connectivity index (χ1v) is 11.9. The topological polar surface area (TPSA) is 39.7 Å². The number of amides is 1. The van der Waals surface area contributed by atoms with Crippen LogP contribution in [0.2, 0.25) is 0 Å². The van der Waals surface area contributed by atoms with Crippen LogP contribution in [0.25, 0.3) is 10.6 Å². The van der Waals surface area contributed by atoms with E-state index in [0.717, 1.165) is 68.0 Å². The van der Waals surface area contributed by atoms with Crippen molar-refractivity contribution in [2.75, 3.05) is 39.3 Å². The minimum absolute atomic E-state index is 0.214. The largest absolute Gasteiger partial charge is 0.339 e. The van der Waals surface area contributed by atoms with Crippen LogP contribution in [0, 0.1) is 12.7 Å². The highest BCUT2D eigenvalue weighted by molar-refractivity contribution is 7.15. The van der Waals surface area contributed by atoms with E-state index in [4.69, 9.17) is 4.98 Å². The van der Waals surface area contributed by atoms with E-state index in [2.05, 4.69) is 9.80 Å². The van der Waals surface area contributed by atoms with Gasteiger partial charge in [0.25, 0.3) is 0 Å². The fraction of sp³-hybridized carbons (Fsp3) is 0.565. The molecule has 1 saturated heterocycles. The van der Waals surface area contributed by atoms with Gasteiger partial charge in [-0.05, 0) is 37.5 Å². The van der Waals surface area contributed by atoms with Crippen LogP contribution in [0.15, 0.2) is 18.2 Å². The molecule has 1 amide bonds. The van der Waals surface area contributed by atoms with E-state index < -0.39 is 0 Å². The first-order chi connectivity index (χ1) is 14.6.